The van der Waals surface area contributed by atoms with Crippen LogP contribution < -0.4 is 9.80 Å². The molecule has 0 aliphatic carbocycles. The number of rotatable bonds is 5. The minimum atomic E-state index is 1.08. The Morgan fingerprint density at radius 1 is 0.889 bits per heavy atom. The summed E-state index contributed by atoms with van der Waals surface area (Å²) in [7, 11) is 0. The first-order valence-electron chi connectivity index (χ1n) is 9.67. The third kappa shape index (κ3) is 3.53. The molecular weight excluding hydrogens is 372 g/mol. The molecule has 2 aliphatic rings. The molecule has 0 bridgehead atoms. The van der Waals surface area contributed by atoms with Crippen LogP contribution in [0, 0.1) is 0 Å². The van der Waals surface area contributed by atoms with Gasteiger partial charge in [0.2, 0.25) is 0 Å². The first kappa shape index (κ1) is 17.3. The predicted octanol–water partition coefficient (Wildman–Crippen LogP) is 4.38. The van der Waals surface area contributed by atoms with Crippen LogP contribution in [0.2, 0.25) is 0 Å². The fraction of sp³-hybridized carbons (Fsp3) is 0.381. The van der Waals surface area contributed by atoms with Crippen LogP contribution in [-0.4, -0.2) is 54.4 Å². The van der Waals surface area contributed by atoms with Gasteiger partial charge in [0.1, 0.15) is 5.82 Å². The summed E-state index contributed by atoms with van der Waals surface area (Å²) in [6.45, 7) is 6.77. The number of thioether (sulfide) groups is 1. The van der Waals surface area contributed by atoms with Crippen molar-refractivity contribution in [2.75, 3.05) is 54.9 Å². The zero-order valence-electron chi connectivity index (χ0n) is 15.4. The molecule has 140 valence electrons. The van der Waals surface area contributed by atoms with Crippen LogP contribution >= 0.6 is 23.3 Å². The zero-order chi connectivity index (χ0) is 18.1. The SMILES string of the molecule is c1ccc2c(c1)SCN2CCCN1CCN(c2nsc3ccccc23)CC1. The van der Waals surface area contributed by atoms with Crippen LogP contribution in [0.25, 0.3) is 10.1 Å². The van der Waals surface area contributed by atoms with Crippen molar-refractivity contribution in [2.45, 2.75) is 11.3 Å². The molecule has 1 saturated heterocycles. The minimum absolute atomic E-state index is 1.08. The first-order valence-corrected chi connectivity index (χ1v) is 11.4. The van der Waals surface area contributed by atoms with Crippen LogP contribution in [0.4, 0.5) is 11.5 Å². The molecule has 6 heteroatoms. The van der Waals surface area contributed by atoms with E-state index in [1.807, 2.05) is 11.8 Å². The maximum atomic E-state index is 4.72. The number of piperazine rings is 1. The number of hydrogen-bond donors (Lipinski definition) is 0. The number of nitrogens with zero attached hydrogens (tertiary/aromatic N) is 4. The van der Waals surface area contributed by atoms with Crippen molar-refractivity contribution in [3.8, 4) is 0 Å². The van der Waals surface area contributed by atoms with Gasteiger partial charge in [-0.2, -0.15) is 4.37 Å². The maximum Gasteiger partial charge on any atom is 0.150 e. The van der Waals surface area contributed by atoms with Gasteiger partial charge in [-0.15, -0.1) is 11.8 Å². The van der Waals surface area contributed by atoms with Crippen LogP contribution in [0.1, 0.15) is 6.42 Å². The maximum absolute atomic E-state index is 4.72. The molecule has 1 aromatic heterocycles. The number of hydrogen-bond acceptors (Lipinski definition) is 6. The van der Waals surface area contributed by atoms with Crippen LogP contribution in [0.3, 0.4) is 0 Å². The lowest BCUT2D eigenvalue weighted by Gasteiger charge is -2.35. The van der Waals surface area contributed by atoms with E-state index in [-0.39, 0.29) is 0 Å². The van der Waals surface area contributed by atoms with Gasteiger partial charge in [0.05, 0.1) is 16.3 Å². The van der Waals surface area contributed by atoms with Crippen molar-refractivity contribution < 1.29 is 0 Å². The average molecular weight is 397 g/mol. The van der Waals surface area contributed by atoms with Crippen LogP contribution in [-0.2, 0) is 0 Å². The summed E-state index contributed by atoms with van der Waals surface area (Å²) in [5.41, 5.74) is 1.42. The van der Waals surface area contributed by atoms with Gasteiger partial charge in [-0.05, 0) is 48.8 Å². The van der Waals surface area contributed by atoms with Gasteiger partial charge < -0.3 is 9.80 Å². The van der Waals surface area contributed by atoms with Gasteiger partial charge in [-0.3, -0.25) is 4.90 Å². The van der Waals surface area contributed by atoms with Gasteiger partial charge in [-0.25, -0.2) is 0 Å². The van der Waals surface area contributed by atoms with E-state index < -0.39 is 0 Å². The molecule has 2 aliphatic heterocycles. The van der Waals surface area contributed by atoms with E-state index in [1.165, 1.54) is 39.5 Å². The number of benzene rings is 2. The third-order valence-corrected chi connectivity index (χ3v) is 7.43. The predicted molar refractivity (Wildman–Crippen MR) is 117 cm³/mol. The minimum Gasteiger partial charge on any atom is -0.361 e. The van der Waals surface area contributed by atoms with Crippen molar-refractivity contribution in [3.63, 3.8) is 0 Å². The zero-order valence-corrected chi connectivity index (χ0v) is 17.0. The van der Waals surface area contributed by atoms with E-state index in [2.05, 4.69) is 63.2 Å². The first-order chi connectivity index (χ1) is 13.4. The van der Waals surface area contributed by atoms with Gasteiger partial charge in [0.25, 0.3) is 0 Å². The van der Waals surface area contributed by atoms with Crippen molar-refractivity contribution in [3.05, 3.63) is 48.5 Å². The third-order valence-electron chi connectivity index (χ3n) is 5.51. The normalized spacial score (nSPS) is 17.6. The lowest BCUT2D eigenvalue weighted by Crippen LogP contribution is -2.47. The monoisotopic (exact) mass is 396 g/mol. The molecule has 0 N–H and O–H groups in total. The molecule has 3 heterocycles. The molecule has 0 atom stereocenters. The largest absolute Gasteiger partial charge is 0.361 e. The highest BCUT2D eigenvalue weighted by Gasteiger charge is 2.22. The van der Waals surface area contributed by atoms with Crippen LogP contribution in [0.15, 0.2) is 53.4 Å². The van der Waals surface area contributed by atoms with Gasteiger partial charge in [0.15, 0.2) is 0 Å². The molecule has 1 fully saturated rings. The Bertz CT molecular complexity index is 917. The van der Waals surface area contributed by atoms with Crippen molar-refractivity contribution >= 4 is 44.9 Å². The van der Waals surface area contributed by atoms with E-state index >= 15 is 0 Å². The van der Waals surface area contributed by atoms with Gasteiger partial charge >= 0.3 is 0 Å². The fourth-order valence-corrected chi connectivity index (χ4v) is 5.89. The summed E-state index contributed by atoms with van der Waals surface area (Å²) in [5, 5.41) is 1.31. The Kier molecular flexibility index (Phi) is 4.95. The van der Waals surface area contributed by atoms with Crippen molar-refractivity contribution in [2.24, 2.45) is 0 Å². The van der Waals surface area contributed by atoms with Gasteiger partial charge in [0, 0.05) is 43.0 Å². The summed E-state index contributed by atoms with van der Waals surface area (Å²) in [6.07, 6.45) is 1.23. The molecule has 0 saturated carbocycles. The summed E-state index contributed by atoms with van der Waals surface area (Å²) in [5.74, 6) is 2.28. The van der Waals surface area contributed by atoms with E-state index in [9.17, 15) is 0 Å². The molecule has 5 rings (SSSR count). The van der Waals surface area contributed by atoms with Crippen molar-refractivity contribution in [1.82, 2.24) is 9.27 Å². The number of aromatic nitrogens is 1. The average Bonchev–Trinajstić information content (AvgIpc) is 3.33. The Morgan fingerprint density at radius 3 is 2.63 bits per heavy atom. The highest BCUT2D eigenvalue weighted by atomic mass is 32.2. The molecule has 2 aromatic carbocycles. The van der Waals surface area contributed by atoms with Crippen LogP contribution in [0.5, 0.6) is 0 Å². The summed E-state index contributed by atoms with van der Waals surface area (Å²) in [6, 6.07) is 17.4. The fourth-order valence-electron chi connectivity index (χ4n) is 4.01. The standard InChI is InChI=1S/C21H24N4S2/c1-3-8-19-17(6-1)21(22-27-19)24-14-12-23(13-15-24)10-5-11-25-16-26-20-9-4-2-7-18(20)25/h1-4,6-9H,5,10-16H2. The summed E-state index contributed by atoms with van der Waals surface area (Å²) >= 11 is 3.58. The molecule has 3 aromatic rings. The summed E-state index contributed by atoms with van der Waals surface area (Å²) in [4.78, 5) is 9.03. The molecule has 27 heavy (non-hydrogen) atoms. The van der Waals surface area contributed by atoms with E-state index in [0.717, 1.165) is 38.6 Å². The second-order valence-corrected chi connectivity index (χ2v) is 8.98. The molecule has 0 unspecified atom stereocenters. The van der Waals surface area contributed by atoms with Crippen molar-refractivity contribution in [1.29, 1.82) is 0 Å². The Morgan fingerprint density at radius 2 is 1.70 bits per heavy atom. The number of anilines is 2. The van der Waals surface area contributed by atoms with Gasteiger partial charge in [-0.1, -0.05) is 24.3 Å². The lowest BCUT2D eigenvalue weighted by atomic mass is 10.2. The second kappa shape index (κ2) is 7.70. The smallest absolute Gasteiger partial charge is 0.150 e. The Balaban J connectivity index is 1.12. The van der Waals surface area contributed by atoms with E-state index in [1.54, 1.807) is 11.5 Å². The molecule has 4 nitrogen and oxygen atoms in total. The number of fused-ring (bicyclic) bond motifs is 2. The molecule has 0 radical (unpaired) electrons. The van der Waals surface area contributed by atoms with E-state index in [4.69, 9.17) is 4.37 Å². The Hall–Kier alpha value is -1.76. The molecular formula is C21H24N4S2. The highest BCUT2D eigenvalue weighted by molar-refractivity contribution is 7.99. The quantitative estimate of drug-likeness (QED) is 0.637. The highest BCUT2D eigenvalue weighted by Crippen LogP contribution is 2.37. The Labute approximate surface area is 168 Å². The lowest BCUT2D eigenvalue weighted by molar-refractivity contribution is 0.256. The molecule has 0 amide bonds. The summed E-state index contributed by atoms with van der Waals surface area (Å²) < 4.78 is 6.01. The topological polar surface area (TPSA) is 22.6 Å². The number of para-hydroxylation sites is 1. The molecule has 0 spiro atoms. The second-order valence-electron chi connectivity index (χ2n) is 7.19. The van der Waals surface area contributed by atoms with E-state index in [0.29, 0.717) is 0 Å².